The Morgan fingerprint density at radius 1 is 0.963 bits per heavy atom. The minimum absolute atomic E-state index is 0.0698. The summed E-state index contributed by atoms with van der Waals surface area (Å²) in [5.74, 6) is -0.115. The zero-order valence-corrected chi connectivity index (χ0v) is 16.6. The number of nitrogens with one attached hydrogen (secondary N) is 1. The van der Waals surface area contributed by atoms with Crippen molar-refractivity contribution in [3.8, 4) is 11.1 Å². The second kappa shape index (κ2) is 8.23. The molecule has 1 aliphatic rings. The molecule has 1 saturated heterocycles. The highest BCUT2D eigenvalue weighted by Crippen LogP contribution is 2.25. The van der Waals surface area contributed by atoms with E-state index in [9.17, 15) is 13.2 Å². The van der Waals surface area contributed by atoms with Gasteiger partial charge in [-0.3, -0.25) is 4.79 Å². The Morgan fingerprint density at radius 3 is 2.26 bits per heavy atom. The van der Waals surface area contributed by atoms with Crippen molar-refractivity contribution >= 4 is 15.9 Å². The van der Waals surface area contributed by atoms with E-state index < -0.39 is 10.0 Å². The van der Waals surface area contributed by atoms with Gasteiger partial charge in [-0.2, -0.15) is 4.31 Å². The normalized spacial score (nSPS) is 15.7. The molecule has 2 aromatic rings. The van der Waals surface area contributed by atoms with Gasteiger partial charge in [0.1, 0.15) is 0 Å². The van der Waals surface area contributed by atoms with Crippen LogP contribution in [0.15, 0.2) is 53.4 Å². The molecule has 0 aromatic heterocycles. The third kappa shape index (κ3) is 4.57. The van der Waals surface area contributed by atoms with Gasteiger partial charge in [0.05, 0.1) is 4.90 Å². The molecule has 1 N–H and O–H groups in total. The van der Waals surface area contributed by atoms with Crippen molar-refractivity contribution in [3.05, 3.63) is 54.1 Å². The Balaban J connectivity index is 1.82. The predicted octanol–water partition coefficient (Wildman–Crippen LogP) is 3.67. The van der Waals surface area contributed by atoms with Gasteiger partial charge in [-0.1, -0.05) is 30.7 Å². The van der Waals surface area contributed by atoms with Crippen molar-refractivity contribution in [2.75, 3.05) is 13.1 Å². The van der Waals surface area contributed by atoms with E-state index in [1.54, 1.807) is 34.6 Å². The zero-order chi connectivity index (χ0) is 19.4. The van der Waals surface area contributed by atoms with Crippen molar-refractivity contribution < 1.29 is 13.2 Å². The summed E-state index contributed by atoms with van der Waals surface area (Å²) in [5, 5.41) is 2.88. The topological polar surface area (TPSA) is 66.5 Å². The van der Waals surface area contributed by atoms with Crippen LogP contribution >= 0.6 is 0 Å². The molecule has 1 fully saturated rings. The van der Waals surface area contributed by atoms with Gasteiger partial charge >= 0.3 is 0 Å². The highest BCUT2D eigenvalue weighted by Gasteiger charge is 2.25. The van der Waals surface area contributed by atoms with Gasteiger partial charge in [0.2, 0.25) is 10.0 Å². The number of sulfonamides is 1. The average molecular weight is 387 g/mol. The van der Waals surface area contributed by atoms with Gasteiger partial charge in [-0.25, -0.2) is 8.42 Å². The third-order valence-electron chi connectivity index (χ3n) is 4.68. The summed E-state index contributed by atoms with van der Waals surface area (Å²) in [7, 11) is -3.43. The van der Waals surface area contributed by atoms with Crippen LogP contribution in [0, 0.1) is 0 Å². The first-order chi connectivity index (χ1) is 12.9. The first-order valence-corrected chi connectivity index (χ1v) is 10.8. The molecule has 6 heteroatoms. The van der Waals surface area contributed by atoms with E-state index in [4.69, 9.17) is 0 Å². The van der Waals surface area contributed by atoms with Gasteiger partial charge in [-0.15, -0.1) is 0 Å². The molecule has 0 saturated carbocycles. The summed E-state index contributed by atoms with van der Waals surface area (Å²) >= 11 is 0. The van der Waals surface area contributed by atoms with E-state index in [0.29, 0.717) is 23.5 Å². The molecule has 1 amide bonds. The highest BCUT2D eigenvalue weighted by molar-refractivity contribution is 7.89. The number of carbonyl (C=O) groups excluding carboxylic acids is 1. The number of carbonyl (C=O) groups is 1. The fourth-order valence-electron chi connectivity index (χ4n) is 3.26. The Hall–Kier alpha value is -2.18. The van der Waals surface area contributed by atoms with Crippen LogP contribution in [0.25, 0.3) is 11.1 Å². The minimum Gasteiger partial charge on any atom is -0.350 e. The van der Waals surface area contributed by atoms with Crippen molar-refractivity contribution in [1.29, 1.82) is 0 Å². The molecule has 0 bridgehead atoms. The fourth-order valence-corrected chi connectivity index (χ4v) is 4.78. The summed E-state index contributed by atoms with van der Waals surface area (Å²) in [4.78, 5) is 12.5. The van der Waals surface area contributed by atoms with Crippen molar-refractivity contribution in [3.63, 3.8) is 0 Å². The Morgan fingerprint density at radius 2 is 1.63 bits per heavy atom. The van der Waals surface area contributed by atoms with Gasteiger partial charge in [-0.05, 0) is 62.1 Å². The number of hydrogen-bond donors (Lipinski definition) is 1. The lowest BCUT2D eigenvalue weighted by atomic mass is 10.0. The van der Waals surface area contributed by atoms with E-state index in [2.05, 4.69) is 5.32 Å². The molecule has 0 atom stereocenters. The van der Waals surface area contributed by atoms with E-state index >= 15 is 0 Å². The maximum atomic E-state index is 12.8. The average Bonchev–Trinajstić information content (AvgIpc) is 2.68. The van der Waals surface area contributed by atoms with Crippen LogP contribution in [0.1, 0.15) is 43.5 Å². The maximum absolute atomic E-state index is 12.8. The molecular formula is C21H26N2O3S. The van der Waals surface area contributed by atoms with Crippen LogP contribution in [-0.2, 0) is 10.0 Å². The molecule has 27 heavy (non-hydrogen) atoms. The Labute approximate surface area is 161 Å². The van der Waals surface area contributed by atoms with Crippen LogP contribution in [0.3, 0.4) is 0 Å². The van der Waals surface area contributed by atoms with E-state index in [-0.39, 0.29) is 11.9 Å². The standard InChI is InChI=1S/C21H26N2O3S/c1-16(2)22-21(24)19-8-6-7-18(15-19)17-9-11-20(12-10-17)27(25,26)23-13-4-3-5-14-23/h6-12,15-16H,3-5,13-14H2,1-2H3,(H,22,24). The van der Waals surface area contributed by atoms with Gasteiger partial charge in [0.15, 0.2) is 0 Å². The number of benzene rings is 2. The second-order valence-electron chi connectivity index (χ2n) is 7.20. The number of nitrogens with zero attached hydrogens (tertiary/aromatic N) is 1. The Bertz CT molecular complexity index is 899. The van der Waals surface area contributed by atoms with Crippen LogP contribution in [-0.4, -0.2) is 37.8 Å². The Kier molecular flexibility index (Phi) is 5.97. The zero-order valence-electron chi connectivity index (χ0n) is 15.8. The van der Waals surface area contributed by atoms with Gasteiger partial charge in [0, 0.05) is 24.7 Å². The lowest BCUT2D eigenvalue weighted by Crippen LogP contribution is -2.35. The summed E-state index contributed by atoms with van der Waals surface area (Å²) in [6.07, 6.45) is 2.93. The lowest BCUT2D eigenvalue weighted by Gasteiger charge is -2.25. The first-order valence-electron chi connectivity index (χ1n) is 9.39. The molecule has 0 radical (unpaired) electrons. The smallest absolute Gasteiger partial charge is 0.251 e. The van der Waals surface area contributed by atoms with Gasteiger partial charge in [0.25, 0.3) is 5.91 Å². The molecule has 0 unspecified atom stereocenters. The summed E-state index contributed by atoms with van der Waals surface area (Å²) in [6.45, 7) is 5.03. The monoisotopic (exact) mass is 386 g/mol. The molecule has 0 aliphatic carbocycles. The summed E-state index contributed by atoms with van der Waals surface area (Å²) in [5.41, 5.74) is 2.35. The molecule has 3 rings (SSSR count). The largest absolute Gasteiger partial charge is 0.350 e. The minimum atomic E-state index is -3.43. The van der Waals surface area contributed by atoms with Crippen LogP contribution < -0.4 is 5.32 Å². The fraction of sp³-hybridized carbons (Fsp3) is 0.381. The van der Waals surface area contributed by atoms with E-state index in [0.717, 1.165) is 30.4 Å². The molecule has 2 aromatic carbocycles. The predicted molar refractivity (Wildman–Crippen MR) is 107 cm³/mol. The summed E-state index contributed by atoms with van der Waals surface area (Å²) in [6, 6.07) is 14.3. The highest BCUT2D eigenvalue weighted by atomic mass is 32.2. The number of rotatable bonds is 5. The first kappa shape index (κ1) is 19.6. The number of piperidine rings is 1. The molecule has 1 heterocycles. The molecular weight excluding hydrogens is 360 g/mol. The molecule has 5 nitrogen and oxygen atoms in total. The summed E-state index contributed by atoms with van der Waals surface area (Å²) < 4.78 is 27.1. The molecule has 144 valence electrons. The molecule has 1 aliphatic heterocycles. The SMILES string of the molecule is CC(C)NC(=O)c1cccc(-c2ccc(S(=O)(=O)N3CCCCC3)cc2)c1. The van der Waals surface area contributed by atoms with Crippen LogP contribution in [0.4, 0.5) is 0 Å². The van der Waals surface area contributed by atoms with Crippen molar-refractivity contribution in [2.24, 2.45) is 0 Å². The van der Waals surface area contributed by atoms with Gasteiger partial charge < -0.3 is 5.32 Å². The molecule has 0 spiro atoms. The lowest BCUT2D eigenvalue weighted by molar-refractivity contribution is 0.0943. The van der Waals surface area contributed by atoms with Crippen molar-refractivity contribution in [2.45, 2.75) is 44.0 Å². The number of amides is 1. The maximum Gasteiger partial charge on any atom is 0.251 e. The second-order valence-corrected chi connectivity index (χ2v) is 9.14. The number of hydrogen-bond acceptors (Lipinski definition) is 3. The van der Waals surface area contributed by atoms with E-state index in [1.165, 1.54) is 0 Å². The van der Waals surface area contributed by atoms with E-state index in [1.807, 2.05) is 32.0 Å². The third-order valence-corrected chi connectivity index (χ3v) is 6.60. The quantitative estimate of drug-likeness (QED) is 0.853. The van der Waals surface area contributed by atoms with Crippen LogP contribution in [0.2, 0.25) is 0 Å². The van der Waals surface area contributed by atoms with Crippen LogP contribution in [0.5, 0.6) is 0 Å². The van der Waals surface area contributed by atoms with Crippen molar-refractivity contribution in [1.82, 2.24) is 9.62 Å².